The smallest absolute Gasteiger partial charge is 0.325 e. The highest BCUT2D eigenvalue weighted by atomic mass is 32.2. The highest BCUT2D eigenvalue weighted by molar-refractivity contribution is 7.99. The topological polar surface area (TPSA) is 130 Å². The van der Waals surface area contributed by atoms with Crippen LogP contribution < -0.4 is 0 Å². The molecule has 9 nitrogen and oxygen atoms in total. The number of rotatable bonds is 4. The van der Waals surface area contributed by atoms with Crippen LogP contribution in [0.1, 0.15) is 11.4 Å². The Morgan fingerprint density at radius 3 is 3.05 bits per heavy atom. The molecule has 2 rings (SSSR count). The van der Waals surface area contributed by atoms with E-state index in [0.29, 0.717) is 5.69 Å². The largest absolute Gasteiger partial charge is 0.480 e. The molecular formula is C9H7N7O2S. The number of carboxylic acids is 1. The summed E-state index contributed by atoms with van der Waals surface area (Å²) in [6.45, 7) is 1.37. The van der Waals surface area contributed by atoms with Gasteiger partial charge in [-0.05, 0) is 35.2 Å². The summed E-state index contributed by atoms with van der Waals surface area (Å²) < 4.78 is 1.12. The van der Waals surface area contributed by atoms with Gasteiger partial charge in [-0.3, -0.25) is 4.79 Å². The van der Waals surface area contributed by atoms with Crippen molar-refractivity contribution in [2.75, 3.05) is 0 Å². The Morgan fingerprint density at radius 1 is 1.58 bits per heavy atom. The second kappa shape index (κ2) is 5.40. The minimum atomic E-state index is -1.06. The van der Waals surface area contributed by atoms with Crippen molar-refractivity contribution in [3.8, 4) is 6.07 Å². The molecule has 0 spiro atoms. The van der Waals surface area contributed by atoms with Crippen LogP contribution in [0.15, 0.2) is 16.4 Å². The zero-order valence-electron chi connectivity index (χ0n) is 9.68. The summed E-state index contributed by atoms with van der Waals surface area (Å²) in [7, 11) is 0. The SMILES string of the molecule is Cc1cc(C#N)nc(Sc2nnnn2CC(=O)O)n1. The molecule has 0 unspecified atom stereocenters. The van der Waals surface area contributed by atoms with Gasteiger partial charge in [0.05, 0.1) is 0 Å². The molecule has 0 aliphatic carbocycles. The van der Waals surface area contributed by atoms with Crippen LogP contribution in [0.2, 0.25) is 0 Å². The molecule has 2 aromatic rings. The van der Waals surface area contributed by atoms with Gasteiger partial charge in [-0.2, -0.15) is 5.26 Å². The molecule has 0 saturated heterocycles. The normalized spacial score (nSPS) is 10.1. The molecule has 10 heteroatoms. The summed E-state index contributed by atoms with van der Waals surface area (Å²) in [6, 6.07) is 3.46. The van der Waals surface area contributed by atoms with Gasteiger partial charge < -0.3 is 5.11 Å². The van der Waals surface area contributed by atoms with Crippen LogP contribution in [0.25, 0.3) is 0 Å². The van der Waals surface area contributed by atoms with E-state index in [0.717, 1.165) is 16.4 Å². The summed E-state index contributed by atoms with van der Waals surface area (Å²) in [5.74, 6) is -1.06. The third-order valence-electron chi connectivity index (χ3n) is 1.91. The standard InChI is InChI=1S/C9H7N7O2S/c1-5-2-6(3-10)12-8(11-5)19-9-13-14-15-16(9)4-7(17)18/h2H,4H2,1H3,(H,17,18). The Kier molecular flexibility index (Phi) is 3.67. The first-order valence-corrected chi connectivity index (χ1v) is 5.81. The fourth-order valence-electron chi connectivity index (χ4n) is 1.22. The number of carbonyl (C=O) groups is 1. The minimum absolute atomic E-state index is 0.229. The van der Waals surface area contributed by atoms with Crippen LogP contribution in [-0.4, -0.2) is 41.3 Å². The van der Waals surface area contributed by atoms with Crippen molar-refractivity contribution in [2.45, 2.75) is 23.8 Å². The summed E-state index contributed by atoms with van der Waals surface area (Å²) in [4.78, 5) is 18.7. The van der Waals surface area contributed by atoms with E-state index in [9.17, 15) is 4.79 Å². The predicted molar refractivity (Wildman–Crippen MR) is 61.1 cm³/mol. The Balaban J connectivity index is 2.26. The zero-order chi connectivity index (χ0) is 13.8. The molecule has 0 atom stereocenters. The van der Waals surface area contributed by atoms with Crippen LogP contribution >= 0.6 is 11.8 Å². The van der Waals surface area contributed by atoms with Gasteiger partial charge in [0.25, 0.3) is 0 Å². The van der Waals surface area contributed by atoms with Crippen molar-refractivity contribution in [3.05, 3.63) is 17.5 Å². The van der Waals surface area contributed by atoms with Crippen LogP contribution in [0.4, 0.5) is 0 Å². The molecule has 0 saturated carbocycles. The van der Waals surface area contributed by atoms with Crippen LogP contribution in [-0.2, 0) is 11.3 Å². The lowest BCUT2D eigenvalue weighted by Gasteiger charge is -2.01. The van der Waals surface area contributed by atoms with Gasteiger partial charge >= 0.3 is 5.97 Å². The minimum Gasteiger partial charge on any atom is -0.480 e. The van der Waals surface area contributed by atoms with Crippen molar-refractivity contribution >= 4 is 17.7 Å². The number of carboxylic acid groups (broad SMARTS) is 1. The summed E-state index contributed by atoms with van der Waals surface area (Å²) >= 11 is 0.997. The van der Waals surface area contributed by atoms with Crippen molar-refractivity contribution < 1.29 is 9.90 Å². The molecule has 19 heavy (non-hydrogen) atoms. The van der Waals surface area contributed by atoms with Gasteiger partial charge in [0, 0.05) is 5.69 Å². The first kappa shape index (κ1) is 12.9. The zero-order valence-corrected chi connectivity index (χ0v) is 10.5. The number of aryl methyl sites for hydroxylation is 1. The van der Waals surface area contributed by atoms with E-state index in [4.69, 9.17) is 10.4 Å². The van der Waals surface area contributed by atoms with Crippen molar-refractivity contribution in [1.29, 1.82) is 5.26 Å². The van der Waals surface area contributed by atoms with Gasteiger partial charge in [0.1, 0.15) is 18.3 Å². The molecule has 0 aliphatic heterocycles. The monoisotopic (exact) mass is 277 g/mol. The average Bonchev–Trinajstić information content (AvgIpc) is 2.75. The lowest BCUT2D eigenvalue weighted by Crippen LogP contribution is -2.11. The lowest BCUT2D eigenvalue weighted by atomic mass is 10.4. The molecule has 0 aliphatic rings. The number of hydrogen-bond donors (Lipinski definition) is 1. The second-order valence-corrected chi connectivity index (χ2v) is 4.34. The predicted octanol–water partition coefficient (Wildman–Crippen LogP) is -0.121. The average molecular weight is 277 g/mol. The number of tetrazole rings is 1. The lowest BCUT2D eigenvalue weighted by molar-refractivity contribution is -0.138. The quantitative estimate of drug-likeness (QED) is 0.759. The number of aliphatic carboxylic acids is 1. The maximum Gasteiger partial charge on any atom is 0.325 e. The maximum absolute atomic E-state index is 10.6. The van der Waals surface area contributed by atoms with E-state index in [1.165, 1.54) is 0 Å². The number of nitriles is 1. The maximum atomic E-state index is 10.6. The first-order chi connectivity index (χ1) is 9.08. The Morgan fingerprint density at radius 2 is 2.37 bits per heavy atom. The number of nitrogens with zero attached hydrogens (tertiary/aromatic N) is 7. The van der Waals surface area contributed by atoms with Crippen molar-refractivity contribution in [3.63, 3.8) is 0 Å². The number of aromatic nitrogens is 6. The second-order valence-electron chi connectivity index (χ2n) is 3.40. The van der Waals surface area contributed by atoms with Crippen molar-refractivity contribution in [2.24, 2.45) is 0 Å². The van der Waals surface area contributed by atoms with E-state index in [1.807, 2.05) is 6.07 Å². The molecule has 0 amide bonds. The number of hydrogen-bond acceptors (Lipinski definition) is 8. The molecule has 96 valence electrons. The van der Waals surface area contributed by atoms with Crippen LogP contribution in [0.5, 0.6) is 0 Å². The summed E-state index contributed by atoms with van der Waals surface area (Å²) in [5.41, 5.74) is 0.860. The fraction of sp³-hybridized carbons (Fsp3) is 0.222. The molecule has 0 aromatic carbocycles. The van der Waals surface area contributed by atoms with Crippen molar-refractivity contribution in [1.82, 2.24) is 30.2 Å². The van der Waals surface area contributed by atoms with Gasteiger partial charge in [0.2, 0.25) is 5.16 Å². The van der Waals surface area contributed by atoms with Gasteiger partial charge in [0.15, 0.2) is 5.16 Å². The van der Waals surface area contributed by atoms with E-state index in [2.05, 4.69) is 25.5 Å². The van der Waals surface area contributed by atoms with Crippen LogP contribution in [0.3, 0.4) is 0 Å². The third-order valence-corrected chi connectivity index (χ3v) is 2.76. The molecule has 0 radical (unpaired) electrons. The summed E-state index contributed by atoms with van der Waals surface area (Å²) in [5, 5.41) is 28.7. The summed E-state index contributed by atoms with van der Waals surface area (Å²) in [6.07, 6.45) is 0. The van der Waals surface area contributed by atoms with E-state index >= 15 is 0 Å². The molecule has 2 heterocycles. The van der Waals surface area contributed by atoms with Gasteiger partial charge in [-0.1, -0.05) is 0 Å². The van der Waals surface area contributed by atoms with Crippen LogP contribution in [0, 0.1) is 18.3 Å². The van der Waals surface area contributed by atoms with E-state index < -0.39 is 5.97 Å². The van der Waals surface area contributed by atoms with Gasteiger partial charge in [-0.15, -0.1) is 5.10 Å². The van der Waals surface area contributed by atoms with E-state index in [-0.39, 0.29) is 22.6 Å². The molecule has 2 aromatic heterocycles. The molecule has 0 bridgehead atoms. The highest BCUT2D eigenvalue weighted by Crippen LogP contribution is 2.21. The Hall–Kier alpha value is -2.54. The third kappa shape index (κ3) is 3.23. The molecule has 1 N–H and O–H groups in total. The van der Waals surface area contributed by atoms with E-state index in [1.54, 1.807) is 13.0 Å². The molecular weight excluding hydrogens is 270 g/mol. The molecule has 0 fully saturated rings. The Labute approximate surface area is 111 Å². The fourth-order valence-corrected chi connectivity index (χ4v) is 2.00. The highest BCUT2D eigenvalue weighted by Gasteiger charge is 2.13. The first-order valence-electron chi connectivity index (χ1n) is 5.00. The van der Waals surface area contributed by atoms with Gasteiger partial charge in [-0.25, -0.2) is 14.6 Å². The Bertz CT molecular complexity index is 663.